The van der Waals surface area contributed by atoms with E-state index in [9.17, 15) is 13.2 Å². The van der Waals surface area contributed by atoms with Gasteiger partial charge in [-0.2, -0.15) is 13.2 Å². The Morgan fingerprint density at radius 1 is 0.893 bits per heavy atom. The fourth-order valence-electron chi connectivity index (χ4n) is 3.66. The Hall–Kier alpha value is -1.75. The van der Waals surface area contributed by atoms with Gasteiger partial charge in [-0.25, -0.2) is 0 Å². The number of hydrogen-bond acceptors (Lipinski definition) is 1. The number of aliphatic imine (C=N–C) groups is 1. The standard InChI is InChI=1S/C21H13Cl3F3N/c22-16-8-13(9-17(23)19(16)24)20(21(25,26)27)10-18(28-11-20)15-7-3-5-12-4-1-2-6-14(12)15/h1-9H,10-11H2. The number of alkyl halides is 3. The molecule has 0 N–H and O–H groups in total. The molecule has 28 heavy (non-hydrogen) atoms. The topological polar surface area (TPSA) is 12.4 Å². The SMILES string of the molecule is FC(F)(F)C1(c2cc(Cl)c(Cl)c(Cl)c2)CN=C(c2cccc3ccccc23)C1. The molecule has 0 amide bonds. The molecule has 0 bridgehead atoms. The van der Waals surface area contributed by atoms with Crippen LogP contribution in [-0.4, -0.2) is 18.4 Å². The lowest BCUT2D eigenvalue weighted by molar-refractivity contribution is -0.183. The Bertz CT molecular complexity index is 1080. The van der Waals surface area contributed by atoms with E-state index in [0.29, 0.717) is 11.3 Å². The molecule has 0 saturated heterocycles. The quantitative estimate of drug-likeness (QED) is 0.364. The molecule has 0 fully saturated rings. The van der Waals surface area contributed by atoms with Crippen molar-refractivity contribution in [3.05, 3.63) is 80.8 Å². The number of benzene rings is 3. The van der Waals surface area contributed by atoms with Crippen molar-refractivity contribution >= 4 is 51.3 Å². The number of fused-ring (bicyclic) bond motifs is 1. The number of nitrogens with zero attached hydrogens (tertiary/aromatic N) is 1. The van der Waals surface area contributed by atoms with Gasteiger partial charge in [-0.1, -0.05) is 77.3 Å². The van der Waals surface area contributed by atoms with Crippen molar-refractivity contribution in [2.45, 2.75) is 18.0 Å². The van der Waals surface area contributed by atoms with Crippen LogP contribution in [0.4, 0.5) is 13.2 Å². The summed E-state index contributed by atoms with van der Waals surface area (Å²) in [6.45, 7) is -0.427. The molecular formula is C21H13Cl3F3N. The van der Waals surface area contributed by atoms with E-state index in [0.717, 1.165) is 10.8 Å². The molecule has 1 heterocycles. The first-order valence-corrected chi connectivity index (χ1v) is 9.59. The van der Waals surface area contributed by atoms with Crippen LogP contribution in [0.3, 0.4) is 0 Å². The lowest BCUT2D eigenvalue weighted by atomic mass is 9.76. The van der Waals surface area contributed by atoms with E-state index in [1.165, 1.54) is 12.1 Å². The van der Waals surface area contributed by atoms with Crippen molar-refractivity contribution in [3.8, 4) is 0 Å². The average molecular weight is 443 g/mol. The molecule has 0 spiro atoms. The predicted molar refractivity (Wildman–Crippen MR) is 109 cm³/mol. The minimum absolute atomic E-state index is 0.00796. The first kappa shape index (κ1) is 19.6. The second-order valence-corrected chi connectivity index (χ2v) is 7.99. The lowest BCUT2D eigenvalue weighted by Crippen LogP contribution is -2.43. The summed E-state index contributed by atoms with van der Waals surface area (Å²) in [5, 5.41) is 1.84. The van der Waals surface area contributed by atoms with Crippen molar-refractivity contribution in [2.24, 2.45) is 4.99 Å². The maximum absolute atomic E-state index is 14.3. The summed E-state index contributed by atoms with van der Waals surface area (Å²) in [6, 6.07) is 15.6. The van der Waals surface area contributed by atoms with Gasteiger partial charge >= 0.3 is 6.18 Å². The van der Waals surface area contributed by atoms with Gasteiger partial charge in [-0.15, -0.1) is 0 Å². The van der Waals surface area contributed by atoms with Crippen LogP contribution in [0, 0.1) is 0 Å². The van der Waals surface area contributed by atoms with Gasteiger partial charge in [0.25, 0.3) is 0 Å². The monoisotopic (exact) mass is 441 g/mol. The van der Waals surface area contributed by atoms with Crippen LogP contribution in [0.15, 0.2) is 59.6 Å². The van der Waals surface area contributed by atoms with E-state index < -0.39 is 18.1 Å². The third-order valence-corrected chi connectivity index (χ3v) is 6.39. The molecule has 1 nitrogen and oxygen atoms in total. The Morgan fingerprint density at radius 2 is 1.54 bits per heavy atom. The van der Waals surface area contributed by atoms with Crippen LogP contribution >= 0.6 is 34.8 Å². The van der Waals surface area contributed by atoms with E-state index in [-0.39, 0.29) is 27.1 Å². The van der Waals surface area contributed by atoms with Crippen molar-refractivity contribution in [1.29, 1.82) is 0 Å². The summed E-state index contributed by atoms with van der Waals surface area (Å²) in [7, 11) is 0. The third-order valence-electron chi connectivity index (χ3n) is 5.19. The summed E-state index contributed by atoms with van der Waals surface area (Å²) < 4.78 is 42.8. The normalized spacial score (nSPS) is 19.9. The zero-order valence-corrected chi connectivity index (χ0v) is 16.6. The van der Waals surface area contributed by atoms with Crippen LogP contribution in [0.2, 0.25) is 15.1 Å². The molecule has 1 aliphatic heterocycles. The molecule has 4 rings (SSSR count). The van der Waals surface area contributed by atoms with Crippen molar-refractivity contribution in [2.75, 3.05) is 6.54 Å². The maximum atomic E-state index is 14.3. The van der Waals surface area contributed by atoms with Crippen LogP contribution in [0.1, 0.15) is 17.5 Å². The van der Waals surface area contributed by atoms with Crippen LogP contribution in [0.25, 0.3) is 10.8 Å². The van der Waals surface area contributed by atoms with Gasteiger partial charge in [0, 0.05) is 17.7 Å². The van der Waals surface area contributed by atoms with Gasteiger partial charge in [0.1, 0.15) is 5.41 Å². The molecule has 0 aromatic heterocycles. The fourth-order valence-corrected chi connectivity index (χ4v) is 4.26. The van der Waals surface area contributed by atoms with Crippen LogP contribution in [0.5, 0.6) is 0 Å². The highest BCUT2D eigenvalue weighted by molar-refractivity contribution is 6.48. The molecular weight excluding hydrogens is 430 g/mol. The minimum atomic E-state index is -4.54. The highest BCUT2D eigenvalue weighted by Crippen LogP contribution is 2.50. The Labute approximate surface area is 174 Å². The Balaban J connectivity index is 1.83. The third kappa shape index (κ3) is 3.08. The van der Waals surface area contributed by atoms with Crippen molar-refractivity contribution in [3.63, 3.8) is 0 Å². The summed E-state index contributed by atoms with van der Waals surface area (Å²) in [4.78, 5) is 4.31. The zero-order valence-electron chi connectivity index (χ0n) is 14.3. The zero-order chi connectivity index (χ0) is 20.1. The smallest absolute Gasteiger partial charge is 0.288 e. The molecule has 3 aromatic rings. The maximum Gasteiger partial charge on any atom is 0.400 e. The van der Waals surface area contributed by atoms with Gasteiger partial charge in [-0.05, 0) is 28.5 Å². The fraction of sp³-hybridized carbons (Fsp3) is 0.190. The highest BCUT2D eigenvalue weighted by Gasteiger charge is 2.58. The molecule has 0 radical (unpaired) electrons. The van der Waals surface area contributed by atoms with E-state index in [1.54, 1.807) is 6.07 Å². The van der Waals surface area contributed by atoms with E-state index in [1.807, 2.05) is 36.4 Å². The Morgan fingerprint density at radius 3 is 2.21 bits per heavy atom. The van der Waals surface area contributed by atoms with Gasteiger partial charge in [0.2, 0.25) is 0 Å². The van der Waals surface area contributed by atoms with Crippen molar-refractivity contribution < 1.29 is 13.2 Å². The molecule has 144 valence electrons. The molecule has 1 atom stereocenters. The predicted octanol–water partition coefficient (Wildman–Crippen LogP) is 7.49. The summed E-state index contributed by atoms with van der Waals surface area (Å²) in [6.07, 6.45) is -4.83. The average Bonchev–Trinajstić information content (AvgIpc) is 3.12. The van der Waals surface area contributed by atoms with Gasteiger partial charge < -0.3 is 0 Å². The van der Waals surface area contributed by atoms with Crippen molar-refractivity contribution in [1.82, 2.24) is 0 Å². The molecule has 3 aromatic carbocycles. The highest BCUT2D eigenvalue weighted by atomic mass is 35.5. The van der Waals surface area contributed by atoms with Gasteiger partial charge in [-0.3, -0.25) is 4.99 Å². The van der Waals surface area contributed by atoms with Gasteiger partial charge in [0.15, 0.2) is 0 Å². The second-order valence-electron chi connectivity index (χ2n) is 6.80. The van der Waals surface area contributed by atoms with E-state index >= 15 is 0 Å². The molecule has 1 unspecified atom stereocenters. The minimum Gasteiger partial charge on any atom is -0.288 e. The Kier molecular flexibility index (Phi) is 4.85. The molecule has 1 aliphatic rings. The van der Waals surface area contributed by atoms with Gasteiger partial charge in [0.05, 0.1) is 21.6 Å². The summed E-state index contributed by atoms with van der Waals surface area (Å²) >= 11 is 18.0. The summed E-state index contributed by atoms with van der Waals surface area (Å²) in [5.41, 5.74) is -1.11. The first-order chi connectivity index (χ1) is 13.2. The largest absolute Gasteiger partial charge is 0.400 e. The van der Waals surface area contributed by atoms with E-state index in [4.69, 9.17) is 34.8 Å². The van der Waals surface area contributed by atoms with Crippen LogP contribution in [-0.2, 0) is 5.41 Å². The second kappa shape index (κ2) is 6.94. The number of rotatable bonds is 2. The molecule has 0 aliphatic carbocycles. The van der Waals surface area contributed by atoms with E-state index in [2.05, 4.69) is 4.99 Å². The molecule has 7 heteroatoms. The number of halogens is 6. The summed E-state index contributed by atoms with van der Waals surface area (Å²) in [5.74, 6) is 0. The lowest BCUT2D eigenvalue weighted by Gasteiger charge is -2.32. The first-order valence-electron chi connectivity index (χ1n) is 8.46. The number of hydrogen-bond donors (Lipinski definition) is 0. The molecule has 0 saturated carbocycles. The van der Waals surface area contributed by atoms with Crippen LogP contribution < -0.4 is 0 Å².